The van der Waals surface area contributed by atoms with Crippen LogP contribution in [0.3, 0.4) is 0 Å². The van der Waals surface area contributed by atoms with Crippen molar-refractivity contribution in [1.29, 1.82) is 0 Å². The summed E-state index contributed by atoms with van der Waals surface area (Å²) in [5, 5.41) is 0. The molecule has 0 aliphatic carbocycles. The van der Waals surface area contributed by atoms with Crippen LogP contribution in [0.1, 0.15) is 342 Å². The average molecular weight is 1020 g/mol. The number of carbonyl (C=O) groups excluding carboxylic acids is 3. The molecule has 73 heavy (non-hydrogen) atoms. The van der Waals surface area contributed by atoms with Crippen molar-refractivity contribution >= 4 is 17.9 Å². The van der Waals surface area contributed by atoms with Gasteiger partial charge in [0.05, 0.1) is 0 Å². The van der Waals surface area contributed by atoms with Crippen LogP contribution in [0, 0.1) is 0 Å². The Morgan fingerprint density at radius 3 is 0.767 bits per heavy atom. The fourth-order valence-corrected chi connectivity index (χ4v) is 9.41. The molecule has 0 N–H and O–H groups in total. The maximum absolute atomic E-state index is 12.9. The summed E-state index contributed by atoms with van der Waals surface area (Å²) in [6, 6.07) is 0. The molecule has 0 aromatic carbocycles. The Balaban J connectivity index is 4.32. The summed E-state index contributed by atoms with van der Waals surface area (Å²) in [6.07, 6.45) is 76.8. The highest BCUT2D eigenvalue weighted by Gasteiger charge is 2.19. The zero-order valence-electron chi connectivity index (χ0n) is 48.9. The first-order valence-corrected chi connectivity index (χ1v) is 32.1. The molecule has 0 radical (unpaired) electrons. The maximum Gasteiger partial charge on any atom is 0.306 e. The summed E-state index contributed by atoms with van der Waals surface area (Å²) in [7, 11) is 0. The minimum Gasteiger partial charge on any atom is -0.462 e. The van der Waals surface area contributed by atoms with Gasteiger partial charge in [-0.05, 0) is 103 Å². The van der Waals surface area contributed by atoms with Crippen LogP contribution in [-0.4, -0.2) is 37.2 Å². The first kappa shape index (κ1) is 70.4. The number of ether oxygens (including phenoxy) is 3. The topological polar surface area (TPSA) is 78.9 Å². The van der Waals surface area contributed by atoms with E-state index in [2.05, 4.69) is 69.4 Å². The van der Waals surface area contributed by atoms with Gasteiger partial charge in [-0.15, -0.1) is 0 Å². The monoisotopic (exact) mass is 1020 g/mol. The molecule has 0 spiro atoms. The first-order chi connectivity index (χ1) is 36.0. The minimum absolute atomic E-state index is 0.0762. The maximum atomic E-state index is 12.9. The van der Waals surface area contributed by atoms with Crippen molar-refractivity contribution < 1.29 is 28.6 Å². The Morgan fingerprint density at radius 1 is 0.274 bits per heavy atom. The smallest absolute Gasteiger partial charge is 0.306 e. The third-order valence-electron chi connectivity index (χ3n) is 14.3. The summed E-state index contributed by atoms with van der Waals surface area (Å²) < 4.78 is 16.9. The van der Waals surface area contributed by atoms with Gasteiger partial charge in [-0.2, -0.15) is 0 Å². The first-order valence-electron chi connectivity index (χ1n) is 32.1. The summed E-state index contributed by atoms with van der Waals surface area (Å²) in [5.74, 6) is -0.872. The molecule has 1 atom stereocenters. The number of carbonyl (C=O) groups is 3. The zero-order valence-corrected chi connectivity index (χ0v) is 48.9. The van der Waals surface area contributed by atoms with Crippen LogP contribution in [0.2, 0.25) is 0 Å². The summed E-state index contributed by atoms with van der Waals surface area (Å²) >= 11 is 0. The molecule has 0 rings (SSSR count). The second-order valence-corrected chi connectivity index (χ2v) is 21.7. The Kier molecular flexibility index (Phi) is 59.7. The van der Waals surface area contributed by atoms with E-state index in [4.69, 9.17) is 14.2 Å². The van der Waals surface area contributed by atoms with Gasteiger partial charge < -0.3 is 14.2 Å². The van der Waals surface area contributed by atoms with E-state index in [1.807, 2.05) is 0 Å². The number of unbranched alkanes of at least 4 members (excludes halogenated alkanes) is 40. The lowest BCUT2D eigenvalue weighted by Gasteiger charge is -2.18. The van der Waals surface area contributed by atoms with Crippen molar-refractivity contribution in [2.45, 2.75) is 348 Å². The van der Waals surface area contributed by atoms with Gasteiger partial charge in [0.1, 0.15) is 13.2 Å². The van der Waals surface area contributed by atoms with Crippen molar-refractivity contribution in [2.75, 3.05) is 13.2 Å². The molecule has 0 heterocycles. The number of hydrogen-bond donors (Lipinski definition) is 0. The average Bonchev–Trinajstić information content (AvgIpc) is 3.39. The van der Waals surface area contributed by atoms with Gasteiger partial charge in [-0.1, -0.05) is 268 Å². The molecule has 0 saturated carbocycles. The van der Waals surface area contributed by atoms with Crippen LogP contribution in [0.15, 0.2) is 48.6 Å². The molecule has 6 heteroatoms. The van der Waals surface area contributed by atoms with Gasteiger partial charge >= 0.3 is 17.9 Å². The Bertz CT molecular complexity index is 1270. The standard InChI is InChI=1S/C67H122O6/c1-4-7-10-13-16-19-22-25-28-30-31-32-33-34-35-37-39-42-45-48-51-54-57-60-66(69)72-63-64(62-71-65(68)59-56-53-50-47-44-41-38-27-24-21-18-15-12-9-6-3)73-67(70)61-58-55-52-49-46-43-40-36-29-26-23-20-17-14-11-8-5-2/h22,25-27,29-31,38,64H,4-21,23-24,28,32-37,39-63H2,1-3H3/b25-22-,29-26-,31-30-,38-27-. The lowest BCUT2D eigenvalue weighted by Crippen LogP contribution is -2.30. The Labute approximate surface area is 454 Å². The van der Waals surface area contributed by atoms with Crippen molar-refractivity contribution in [3.05, 3.63) is 48.6 Å². The third-order valence-corrected chi connectivity index (χ3v) is 14.3. The number of esters is 3. The molecular formula is C67H122O6. The molecule has 426 valence electrons. The number of allylic oxidation sites excluding steroid dienone is 8. The zero-order chi connectivity index (χ0) is 52.9. The summed E-state index contributed by atoms with van der Waals surface area (Å²) in [6.45, 7) is 6.66. The van der Waals surface area contributed by atoms with Crippen molar-refractivity contribution in [3.63, 3.8) is 0 Å². The van der Waals surface area contributed by atoms with E-state index >= 15 is 0 Å². The Hall–Kier alpha value is -2.63. The van der Waals surface area contributed by atoms with Gasteiger partial charge in [0.15, 0.2) is 6.10 Å². The van der Waals surface area contributed by atoms with Crippen molar-refractivity contribution in [2.24, 2.45) is 0 Å². The second kappa shape index (κ2) is 61.9. The summed E-state index contributed by atoms with van der Waals surface area (Å²) in [4.78, 5) is 38.3. The van der Waals surface area contributed by atoms with E-state index in [1.165, 1.54) is 231 Å². The van der Waals surface area contributed by atoms with Crippen LogP contribution in [0.4, 0.5) is 0 Å². The van der Waals surface area contributed by atoms with Crippen LogP contribution in [0.5, 0.6) is 0 Å². The van der Waals surface area contributed by atoms with Crippen LogP contribution >= 0.6 is 0 Å². The highest BCUT2D eigenvalue weighted by molar-refractivity contribution is 5.71. The SMILES string of the molecule is CCCCCCC/C=C\C/C=C\CCCCCCCCCCCCCC(=O)OCC(COC(=O)CCCCCCC/C=C\CCCCCCCC)OC(=O)CCCCCCCCC/C=C\CCCCCCCC. The molecule has 1 unspecified atom stereocenters. The molecule has 0 aromatic heterocycles. The number of hydrogen-bond acceptors (Lipinski definition) is 6. The Morgan fingerprint density at radius 2 is 0.493 bits per heavy atom. The van der Waals surface area contributed by atoms with Crippen LogP contribution in [-0.2, 0) is 28.6 Å². The quantitative estimate of drug-likeness (QED) is 0.0261. The van der Waals surface area contributed by atoms with Crippen molar-refractivity contribution in [3.8, 4) is 0 Å². The van der Waals surface area contributed by atoms with Crippen LogP contribution in [0.25, 0.3) is 0 Å². The molecule has 0 aliphatic rings. The van der Waals surface area contributed by atoms with Crippen molar-refractivity contribution in [1.82, 2.24) is 0 Å². The normalized spacial score (nSPS) is 12.3. The van der Waals surface area contributed by atoms with Gasteiger partial charge in [-0.3, -0.25) is 14.4 Å². The predicted molar refractivity (Wildman–Crippen MR) is 316 cm³/mol. The van der Waals surface area contributed by atoms with E-state index in [0.717, 1.165) is 70.6 Å². The third kappa shape index (κ3) is 60.1. The highest BCUT2D eigenvalue weighted by atomic mass is 16.6. The van der Waals surface area contributed by atoms with Gasteiger partial charge in [-0.25, -0.2) is 0 Å². The van der Waals surface area contributed by atoms with E-state index in [0.29, 0.717) is 19.3 Å². The molecular weight excluding hydrogens is 901 g/mol. The lowest BCUT2D eigenvalue weighted by molar-refractivity contribution is -0.167. The number of rotatable bonds is 59. The van der Waals surface area contributed by atoms with E-state index in [9.17, 15) is 14.4 Å². The lowest BCUT2D eigenvalue weighted by atomic mass is 10.0. The molecule has 0 aliphatic heterocycles. The van der Waals surface area contributed by atoms with Gasteiger partial charge in [0.25, 0.3) is 0 Å². The van der Waals surface area contributed by atoms with E-state index < -0.39 is 6.10 Å². The summed E-state index contributed by atoms with van der Waals surface area (Å²) in [5.41, 5.74) is 0. The van der Waals surface area contributed by atoms with Gasteiger partial charge in [0.2, 0.25) is 0 Å². The molecule has 0 bridgehead atoms. The molecule has 0 saturated heterocycles. The fraction of sp³-hybridized carbons (Fsp3) is 0.836. The van der Waals surface area contributed by atoms with Crippen LogP contribution < -0.4 is 0 Å². The molecule has 0 aromatic rings. The highest BCUT2D eigenvalue weighted by Crippen LogP contribution is 2.16. The predicted octanol–water partition coefficient (Wildman–Crippen LogP) is 21.8. The second-order valence-electron chi connectivity index (χ2n) is 21.7. The molecule has 0 amide bonds. The fourth-order valence-electron chi connectivity index (χ4n) is 9.41. The van der Waals surface area contributed by atoms with E-state index in [-0.39, 0.29) is 31.1 Å². The van der Waals surface area contributed by atoms with E-state index in [1.54, 1.807) is 0 Å². The molecule has 6 nitrogen and oxygen atoms in total. The largest absolute Gasteiger partial charge is 0.462 e. The molecule has 0 fully saturated rings. The van der Waals surface area contributed by atoms with Gasteiger partial charge in [0, 0.05) is 19.3 Å². The minimum atomic E-state index is -0.779.